The molecule has 1 aliphatic heterocycles. The van der Waals surface area contributed by atoms with Crippen molar-refractivity contribution in [3.63, 3.8) is 0 Å². The lowest BCUT2D eigenvalue weighted by Crippen LogP contribution is -2.46. The number of morpholine rings is 1. The molecule has 0 aromatic rings. The lowest BCUT2D eigenvalue weighted by Gasteiger charge is -2.33. The molecular formula is C8H17NO2. The van der Waals surface area contributed by atoms with Gasteiger partial charge in [-0.3, -0.25) is 4.90 Å². The molecule has 3 heteroatoms. The Morgan fingerprint density at radius 2 is 1.82 bits per heavy atom. The molecule has 0 spiro atoms. The molecule has 1 aliphatic rings. The smallest absolute Gasteiger partial charge is 0.0664 e. The van der Waals surface area contributed by atoms with Gasteiger partial charge in [0.2, 0.25) is 0 Å². The van der Waals surface area contributed by atoms with Crippen molar-refractivity contribution in [2.24, 2.45) is 0 Å². The molecule has 0 radical (unpaired) electrons. The second kappa shape index (κ2) is 4.04. The van der Waals surface area contributed by atoms with Gasteiger partial charge >= 0.3 is 0 Å². The zero-order valence-electron chi connectivity index (χ0n) is 7.29. The van der Waals surface area contributed by atoms with Gasteiger partial charge in [0.1, 0.15) is 0 Å². The van der Waals surface area contributed by atoms with Gasteiger partial charge in [-0.1, -0.05) is 0 Å². The molecule has 2 atom stereocenters. The van der Waals surface area contributed by atoms with Crippen molar-refractivity contribution in [3.8, 4) is 0 Å². The number of aliphatic hydroxyl groups excluding tert-OH is 1. The van der Waals surface area contributed by atoms with E-state index in [2.05, 4.69) is 11.8 Å². The van der Waals surface area contributed by atoms with E-state index in [4.69, 9.17) is 4.74 Å². The van der Waals surface area contributed by atoms with Crippen LogP contribution in [0.2, 0.25) is 0 Å². The lowest BCUT2D eigenvalue weighted by atomic mass is 10.2. The molecule has 0 saturated carbocycles. The Balaban J connectivity index is 2.32. The maximum Gasteiger partial charge on any atom is 0.0664 e. The highest BCUT2D eigenvalue weighted by Crippen LogP contribution is 2.06. The van der Waals surface area contributed by atoms with E-state index in [-0.39, 0.29) is 12.1 Å². The Labute approximate surface area is 68.0 Å². The maximum atomic E-state index is 9.29. The number of nitrogens with zero attached hydrogens (tertiary/aromatic N) is 1. The molecule has 1 rings (SSSR count). The van der Waals surface area contributed by atoms with Crippen molar-refractivity contribution in [2.75, 3.05) is 26.3 Å². The van der Waals surface area contributed by atoms with Gasteiger partial charge in [0.15, 0.2) is 0 Å². The summed E-state index contributed by atoms with van der Waals surface area (Å²) >= 11 is 0. The summed E-state index contributed by atoms with van der Waals surface area (Å²) < 4.78 is 5.21. The van der Waals surface area contributed by atoms with Gasteiger partial charge in [-0.25, -0.2) is 0 Å². The Bertz CT molecular complexity index is 111. The largest absolute Gasteiger partial charge is 0.392 e. The SMILES string of the molecule is CC(O)C(C)N1CCOCC1. The van der Waals surface area contributed by atoms with E-state index < -0.39 is 0 Å². The second-order valence-corrected chi connectivity index (χ2v) is 3.13. The number of rotatable bonds is 2. The Kier molecular flexibility index (Phi) is 3.30. The molecule has 0 aromatic heterocycles. The fourth-order valence-corrected chi connectivity index (χ4v) is 1.29. The number of hydrogen-bond donors (Lipinski definition) is 1. The summed E-state index contributed by atoms with van der Waals surface area (Å²) in [6, 6.07) is 0.263. The van der Waals surface area contributed by atoms with Gasteiger partial charge < -0.3 is 9.84 Å². The fraction of sp³-hybridized carbons (Fsp3) is 1.00. The molecule has 2 unspecified atom stereocenters. The summed E-state index contributed by atoms with van der Waals surface area (Å²) in [7, 11) is 0. The maximum absolute atomic E-state index is 9.29. The van der Waals surface area contributed by atoms with Crippen LogP contribution in [0.1, 0.15) is 13.8 Å². The monoisotopic (exact) mass is 159 g/mol. The molecule has 0 aromatic carbocycles. The molecule has 1 N–H and O–H groups in total. The molecule has 0 bridgehead atoms. The van der Waals surface area contributed by atoms with Crippen LogP contribution in [0.15, 0.2) is 0 Å². The predicted molar refractivity (Wildman–Crippen MR) is 43.5 cm³/mol. The second-order valence-electron chi connectivity index (χ2n) is 3.13. The van der Waals surface area contributed by atoms with Crippen molar-refractivity contribution in [1.82, 2.24) is 4.90 Å². The van der Waals surface area contributed by atoms with Crippen molar-refractivity contribution >= 4 is 0 Å². The van der Waals surface area contributed by atoms with E-state index in [0.717, 1.165) is 26.3 Å². The molecule has 3 nitrogen and oxygen atoms in total. The quantitative estimate of drug-likeness (QED) is 0.619. The van der Waals surface area contributed by atoms with Gasteiger partial charge in [0.05, 0.1) is 19.3 Å². The van der Waals surface area contributed by atoms with Gasteiger partial charge in [-0.2, -0.15) is 0 Å². The summed E-state index contributed by atoms with van der Waals surface area (Å²) in [5.74, 6) is 0. The number of hydrogen-bond acceptors (Lipinski definition) is 3. The van der Waals surface area contributed by atoms with Crippen molar-refractivity contribution in [1.29, 1.82) is 0 Å². The molecule has 1 heterocycles. The van der Waals surface area contributed by atoms with Gasteiger partial charge in [0.25, 0.3) is 0 Å². The number of aliphatic hydroxyl groups is 1. The normalized spacial score (nSPS) is 26.5. The highest BCUT2D eigenvalue weighted by atomic mass is 16.5. The highest BCUT2D eigenvalue weighted by molar-refractivity contribution is 4.73. The average molecular weight is 159 g/mol. The Hall–Kier alpha value is -0.120. The summed E-state index contributed by atoms with van der Waals surface area (Å²) in [6.45, 7) is 7.39. The van der Waals surface area contributed by atoms with Crippen LogP contribution >= 0.6 is 0 Å². The first-order valence-corrected chi connectivity index (χ1v) is 4.21. The highest BCUT2D eigenvalue weighted by Gasteiger charge is 2.19. The first-order chi connectivity index (χ1) is 5.22. The van der Waals surface area contributed by atoms with Crippen LogP contribution in [0.5, 0.6) is 0 Å². The standard InChI is InChI=1S/C8H17NO2/c1-7(8(2)10)9-3-5-11-6-4-9/h7-8,10H,3-6H2,1-2H3. The summed E-state index contributed by atoms with van der Waals surface area (Å²) in [5, 5.41) is 9.29. The van der Waals surface area contributed by atoms with Crippen molar-refractivity contribution < 1.29 is 9.84 Å². The Morgan fingerprint density at radius 1 is 1.27 bits per heavy atom. The first kappa shape index (κ1) is 8.97. The van der Waals surface area contributed by atoms with E-state index in [1.165, 1.54) is 0 Å². The molecule has 66 valence electrons. The molecule has 1 fully saturated rings. The zero-order valence-corrected chi connectivity index (χ0v) is 7.29. The predicted octanol–water partition coefficient (Wildman–Crippen LogP) is 0.0879. The first-order valence-electron chi connectivity index (χ1n) is 4.21. The van der Waals surface area contributed by atoms with Crippen LogP contribution in [0.3, 0.4) is 0 Å². The molecule has 11 heavy (non-hydrogen) atoms. The average Bonchev–Trinajstić information content (AvgIpc) is 2.05. The van der Waals surface area contributed by atoms with Crippen LogP contribution in [0, 0.1) is 0 Å². The van der Waals surface area contributed by atoms with Crippen LogP contribution < -0.4 is 0 Å². The summed E-state index contributed by atoms with van der Waals surface area (Å²) in [6.07, 6.45) is -0.243. The van der Waals surface area contributed by atoms with E-state index in [1.807, 2.05) is 6.92 Å². The van der Waals surface area contributed by atoms with E-state index in [1.54, 1.807) is 0 Å². The topological polar surface area (TPSA) is 32.7 Å². The lowest BCUT2D eigenvalue weighted by molar-refractivity contribution is -0.0111. The Morgan fingerprint density at radius 3 is 2.27 bits per heavy atom. The zero-order chi connectivity index (χ0) is 8.27. The van der Waals surface area contributed by atoms with Crippen molar-refractivity contribution in [3.05, 3.63) is 0 Å². The van der Waals surface area contributed by atoms with Gasteiger partial charge in [-0.05, 0) is 13.8 Å². The van der Waals surface area contributed by atoms with E-state index in [0.29, 0.717) is 0 Å². The minimum Gasteiger partial charge on any atom is -0.392 e. The third-order valence-electron chi connectivity index (χ3n) is 2.32. The molecule has 1 saturated heterocycles. The third kappa shape index (κ3) is 2.43. The van der Waals surface area contributed by atoms with E-state index in [9.17, 15) is 5.11 Å². The molecule has 0 aliphatic carbocycles. The van der Waals surface area contributed by atoms with Crippen LogP contribution in [0.25, 0.3) is 0 Å². The number of ether oxygens (including phenoxy) is 1. The summed E-state index contributed by atoms with van der Waals surface area (Å²) in [4.78, 5) is 2.26. The summed E-state index contributed by atoms with van der Waals surface area (Å²) in [5.41, 5.74) is 0. The third-order valence-corrected chi connectivity index (χ3v) is 2.32. The van der Waals surface area contributed by atoms with E-state index >= 15 is 0 Å². The van der Waals surface area contributed by atoms with Gasteiger partial charge in [0, 0.05) is 19.1 Å². The van der Waals surface area contributed by atoms with Gasteiger partial charge in [-0.15, -0.1) is 0 Å². The molecule has 0 amide bonds. The minimum atomic E-state index is -0.243. The van der Waals surface area contributed by atoms with Crippen LogP contribution in [-0.4, -0.2) is 48.5 Å². The van der Waals surface area contributed by atoms with Crippen LogP contribution in [-0.2, 0) is 4.74 Å². The fourth-order valence-electron chi connectivity index (χ4n) is 1.29. The van der Waals surface area contributed by atoms with Crippen LogP contribution in [0.4, 0.5) is 0 Å². The van der Waals surface area contributed by atoms with Crippen molar-refractivity contribution in [2.45, 2.75) is 26.0 Å². The molecular weight excluding hydrogens is 142 g/mol. The minimum absolute atomic E-state index is 0.243.